The van der Waals surface area contributed by atoms with Crippen molar-refractivity contribution in [1.29, 1.82) is 0 Å². The Morgan fingerprint density at radius 2 is 1.08 bits per heavy atom. The number of alkyl halides is 4. The molecule has 0 N–H and O–H groups in total. The molecular formula is C6H8F4O2. The highest BCUT2D eigenvalue weighted by Gasteiger charge is 2.56. The molecule has 1 heterocycles. The van der Waals surface area contributed by atoms with Gasteiger partial charge in [0.25, 0.3) is 0 Å². The number of halogens is 4. The minimum Gasteiger partial charge on any atom is -0.306 e. The Balaban J connectivity index is 2.76. The molecule has 0 spiro atoms. The van der Waals surface area contributed by atoms with Gasteiger partial charge in [-0.25, -0.2) is 0 Å². The summed E-state index contributed by atoms with van der Waals surface area (Å²) >= 11 is 0. The Labute approximate surface area is 66.4 Å². The predicted octanol–water partition coefficient (Wildman–Crippen LogP) is 2.00. The Bertz CT molecular complexity index is 162. The highest BCUT2D eigenvalue weighted by Crippen LogP contribution is 2.38. The molecule has 0 bridgehead atoms. The zero-order chi connectivity index (χ0) is 9.57. The first kappa shape index (κ1) is 9.73. The zero-order valence-electron chi connectivity index (χ0n) is 6.48. The predicted molar refractivity (Wildman–Crippen MR) is 31.0 cm³/mol. The van der Waals surface area contributed by atoms with Crippen LogP contribution in [0.25, 0.3) is 0 Å². The van der Waals surface area contributed by atoms with Crippen LogP contribution in [0.3, 0.4) is 0 Å². The first-order valence-corrected chi connectivity index (χ1v) is 3.37. The molecule has 0 aromatic rings. The standard InChI is InChI=1S/C6H8F4O2/c1-3-5(7,8)12-4(2)6(9,10)11-3/h3-4H,1-2H3/t3-,4-/m1/s1. The van der Waals surface area contributed by atoms with E-state index in [2.05, 4.69) is 9.47 Å². The molecule has 12 heavy (non-hydrogen) atoms. The van der Waals surface area contributed by atoms with E-state index in [0.29, 0.717) is 0 Å². The van der Waals surface area contributed by atoms with Crippen LogP contribution in [0.15, 0.2) is 0 Å². The van der Waals surface area contributed by atoms with Gasteiger partial charge in [0.2, 0.25) is 0 Å². The van der Waals surface area contributed by atoms with Gasteiger partial charge in [-0.1, -0.05) is 0 Å². The van der Waals surface area contributed by atoms with Crippen molar-refractivity contribution >= 4 is 0 Å². The van der Waals surface area contributed by atoms with Gasteiger partial charge in [0, 0.05) is 0 Å². The molecule has 1 fully saturated rings. The van der Waals surface area contributed by atoms with Crippen molar-refractivity contribution in [1.82, 2.24) is 0 Å². The molecule has 2 nitrogen and oxygen atoms in total. The van der Waals surface area contributed by atoms with E-state index in [1.807, 2.05) is 0 Å². The maximum absolute atomic E-state index is 12.5. The van der Waals surface area contributed by atoms with E-state index in [1.165, 1.54) is 0 Å². The van der Waals surface area contributed by atoms with Crippen molar-refractivity contribution in [2.24, 2.45) is 0 Å². The number of hydrogen-bond donors (Lipinski definition) is 0. The fourth-order valence-corrected chi connectivity index (χ4v) is 0.800. The van der Waals surface area contributed by atoms with Gasteiger partial charge in [-0.05, 0) is 13.8 Å². The molecule has 6 heteroatoms. The minimum atomic E-state index is -3.64. The Morgan fingerprint density at radius 1 is 0.833 bits per heavy atom. The number of ether oxygens (including phenoxy) is 2. The summed E-state index contributed by atoms with van der Waals surface area (Å²) < 4.78 is 57.6. The summed E-state index contributed by atoms with van der Waals surface area (Å²) in [5.41, 5.74) is 0. The summed E-state index contributed by atoms with van der Waals surface area (Å²) in [5.74, 6) is 0. The summed E-state index contributed by atoms with van der Waals surface area (Å²) in [4.78, 5) is 0. The molecule has 2 atom stereocenters. The van der Waals surface area contributed by atoms with Crippen molar-refractivity contribution in [3.8, 4) is 0 Å². The maximum Gasteiger partial charge on any atom is 0.382 e. The Hall–Kier alpha value is -0.360. The third-order valence-electron chi connectivity index (χ3n) is 1.61. The molecule has 0 radical (unpaired) electrons. The lowest BCUT2D eigenvalue weighted by atomic mass is 10.3. The van der Waals surface area contributed by atoms with E-state index in [-0.39, 0.29) is 0 Å². The normalized spacial score (nSPS) is 39.5. The lowest BCUT2D eigenvalue weighted by Gasteiger charge is -2.37. The van der Waals surface area contributed by atoms with Crippen LogP contribution in [0.5, 0.6) is 0 Å². The first-order chi connectivity index (χ1) is 5.26. The molecule has 72 valence electrons. The summed E-state index contributed by atoms with van der Waals surface area (Å²) in [5, 5.41) is 0. The van der Waals surface area contributed by atoms with Crippen molar-refractivity contribution in [2.75, 3.05) is 0 Å². The smallest absolute Gasteiger partial charge is 0.306 e. The summed E-state index contributed by atoms with van der Waals surface area (Å²) in [7, 11) is 0. The van der Waals surface area contributed by atoms with E-state index in [4.69, 9.17) is 0 Å². The average molecular weight is 188 g/mol. The van der Waals surface area contributed by atoms with Gasteiger partial charge in [0.15, 0.2) is 12.2 Å². The van der Waals surface area contributed by atoms with Gasteiger partial charge in [-0.2, -0.15) is 17.6 Å². The summed E-state index contributed by atoms with van der Waals surface area (Å²) in [6.07, 6.45) is -11.1. The largest absolute Gasteiger partial charge is 0.382 e. The monoisotopic (exact) mass is 188 g/mol. The average Bonchev–Trinajstić information content (AvgIpc) is 1.82. The van der Waals surface area contributed by atoms with Crippen molar-refractivity contribution in [3.05, 3.63) is 0 Å². The minimum absolute atomic E-state index is 0.833. The highest BCUT2D eigenvalue weighted by molar-refractivity contribution is 4.77. The fourth-order valence-electron chi connectivity index (χ4n) is 0.800. The SMILES string of the molecule is C[C@H]1OC(F)(F)[C@@H](C)OC1(F)F. The van der Waals surface area contributed by atoms with Crippen molar-refractivity contribution < 1.29 is 27.0 Å². The molecule has 1 aliphatic heterocycles. The molecular weight excluding hydrogens is 180 g/mol. The van der Waals surface area contributed by atoms with Crippen molar-refractivity contribution in [2.45, 2.75) is 38.3 Å². The van der Waals surface area contributed by atoms with Crippen LogP contribution in [-0.4, -0.2) is 24.4 Å². The van der Waals surface area contributed by atoms with Gasteiger partial charge in [0.1, 0.15) is 0 Å². The third-order valence-corrected chi connectivity index (χ3v) is 1.61. The second-order valence-electron chi connectivity index (χ2n) is 2.64. The molecule has 0 aromatic carbocycles. The van der Waals surface area contributed by atoms with Crippen LogP contribution in [-0.2, 0) is 9.47 Å². The van der Waals surface area contributed by atoms with Crippen LogP contribution in [0.4, 0.5) is 17.6 Å². The van der Waals surface area contributed by atoms with E-state index in [9.17, 15) is 17.6 Å². The quantitative estimate of drug-likeness (QED) is 0.541. The second-order valence-corrected chi connectivity index (χ2v) is 2.64. The lowest BCUT2D eigenvalue weighted by Crippen LogP contribution is -2.54. The summed E-state index contributed by atoms with van der Waals surface area (Å²) in [6, 6.07) is 0. The highest BCUT2D eigenvalue weighted by atomic mass is 19.3. The summed E-state index contributed by atoms with van der Waals surface area (Å²) in [6.45, 7) is 1.67. The fraction of sp³-hybridized carbons (Fsp3) is 1.00. The maximum atomic E-state index is 12.5. The molecule has 0 aromatic heterocycles. The lowest BCUT2D eigenvalue weighted by molar-refractivity contribution is -0.448. The topological polar surface area (TPSA) is 18.5 Å². The molecule has 1 aliphatic rings. The van der Waals surface area contributed by atoms with Crippen molar-refractivity contribution in [3.63, 3.8) is 0 Å². The Kier molecular flexibility index (Phi) is 2.08. The van der Waals surface area contributed by atoms with Gasteiger partial charge >= 0.3 is 12.2 Å². The Morgan fingerprint density at radius 3 is 1.33 bits per heavy atom. The van der Waals surface area contributed by atoms with Crippen LogP contribution in [0.2, 0.25) is 0 Å². The van der Waals surface area contributed by atoms with Gasteiger partial charge in [0.05, 0.1) is 0 Å². The van der Waals surface area contributed by atoms with Gasteiger partial charge < -0.3 is 9.47 Å². The van der Waals surface area contributed by atoms with E-state index < -0.39 is 24.4 Å². The van der Waals surface area contributed by atoms with Crippen LogP contribution < -0.4 is 0 Å². The third kappa shape index (κ3) is 1.54. The van der Waals surface area contributed by atoms with E-state index in [1.54, 1.807) is 0 Å². The molecule has 0 saturated carbocycles. The van der Waals surface area contributed by atoms with Gasteiger partial charge in [-0.3, -0.25) is 0 Å². The molecule has 0 unspecified atom stereocenters. The van der Waals surface area contributed by atoms with Crippen LogP contribution in [0.1, 0.15) is 13.8 Å². The first-order valence-electron chi connectivity index (χ1n) is 3.37. The molecule has 1 rings (SSSR count). The molecule has 1 saturated heterocycles. The number of hydrogen-bond acceptors (Lipinski definition) is 2. The van der Waals surface area contributed by atoms with Crippen LogP contribution >= 0.6 is 0 Å². The molecule has 0 aliphatic carbocycles. The zero-order valence-corrected chi connectivity index (χ0v) is 6.48. The van der Waals surface area contributed by atoms with E-state index >= 15 is 0 Å². The second kappa shape index (κ2) is 2.56. The number of rotatable bonds is 0. The molecule has 0 amide bonds. The van der Waals surface area contributed by atoms with E-state index in [0.717, 1.165) is 13.8 Å². The van der Waals surface area contributed by atoms with Gasteiger partial charge in [-0.15, -0.1) is 0 Å². The van der Waals surface area contributed by atoms with Crippen LogP contribution in [0, 0.1) is 0 Å².